The predicted octanol–water partition coefficient (Wildman–Crippen LogP) is 2.91. The van der Waals surface area contributed by atoms with Gasteiger partial charge in [0.25, 0.3) is 0 Å². The second kappa shape index (κ2) is 9.71. The third-order valence-electron chi connectivity index (χ3n) is 4.55. The van der Waals surface area contributed by atoms with Gasteiger partial charge in [-0.15, -0.1) is 0 Å². The number of carbonyl (C=O) groups excluding carboxylic acids is 2. The van der Waals surface area contributed by atoms with E-state index in [1.54, 1.807) is 6.92 Å². The molecule has 2 atom stereocenters. The molecule has 8 nitrogen and oxygen atoms in total. The molecule has 0 fully saturated rings. The molecular formula is C21H30N2O6. The van der Waals surface area contributed by atoms with Crippen molar-refractivity contribution in [3.8, 4) is 0 Å². The molecule has 0 saturated carbocycles. The summed E-state index contributed by atoms with van der Waals surface area (Å²) in [5.74, 6) is -3.80. The monoisotopic (exact) mass is 406 g/mol. The molecule has 0 aliphatic carbocycles. The Hall–Kier alpha value is -2.64. The topological polar surface area (TPSA) is 115 Å². The van der Waals surface area contributed by atoms with Crippen LogP contribution in [0.1, 0.15) is 64.3 Å². The van der Waals surface area contributed by atoms with E-state index in [-0.39, 0.29) is 19.0 Å². The molecule has 0 spiro atoms. The van der Waals surface area contributed by atoms with Crippen LogP contribution in [-0.4, -0.2) is 46.8 Å². The normalized spacial score (nSPS) is 16.9. The van der Waals surface area contributed by atoms with Gasteiger partial charge in [0.05, 0.1) is 18.0 Å². The van der Waals surface area contributed by atoms with Gasteiger partial charge in [0, 0.05) is 12.2 Å². The van der Waals surface area contributed by atoms with Crippen LogP contribution in [-0.2, 0) is 30.3 Å². The van der Waals surface area contributed by atoms with Gasteiger partial charge in [-0.3, -0.25) is 19.4 Å². The molecule has 2 rings (SSSR count). The summed E-state index contributed by atoms with van der Waals surface area (Å²) in [4.78, 5) is 40.3. The van der Waals surface area contributed by atoms with Gasteiger partial charge in [-0.25, -0.2) is 0 Å². The smallest absolute Gasteiger partial charge is 0.320 e. The molecule has 0 radical (unpaired) electrons. The Labute approximate surface area is 171 Å². The average Bonchev–Trinajstić information content (AvgIpc) is 2.63. The molecule has 160 valence electrons. The number of esters is 2. The summed E-state index contributed by atoms with van der Waals surface area (Å²) in [6.07, 6.45) is 1.73. The van der Waals surface area contributed by atoms with Crippen LogP contribution < -0.4 is 5.32 Å². The third-order valence-corrected chi connectivity index (χ3v) is 4.55. The minimum atomic E-state index is -1.18. The second-order valence-corrected chi connectivity index (χ2v) is 8.07. The molecule has 1 aliphatic heterocycles. The Balaban J connectivity index is 2.07. The van der Waals surface area contributed by atoms with Gasteiger partial charge in [-0.1, -0.05) is 0 Å². The van der Waals surface area contributed by atoms with Gasteiger partial charge in [0.1, 0.15) is 11.5 Å². The SMILES string of the molecule is CCOC(=O)C(CCCc1ccc2c(n1)C(C(=O)OC(C)(C)C)CCN2)C(=O)O. The lowest BCUT2D eigenvalue weighted by Crippen LogP contribution is -2.31. The lowest BCUT2D eigenvalue weighted by molar-refractivity contribution is -0.159. The maximum Gasteiger partial charge on any atom is 0.320 e. The lowest BCUT2D eigenvalue weighted by Gasteiger charge is -2.28. The van der Waals surface area contributed by atoms with Crippen molar-refractivity contribution in [3.63, 3.8) is 0 Å². The van der Waals surface area contributed by atoms with Crippen LogP contribution in [0.25, 0.3) is 0 Å². The molecule has 2 N–H and O–H groups in total. The highest BCUT2D eigenvalue weighted by Crippen LogP contribution is 2.32. The zero-order valence-corrected chi connectivity index (χ0v) is 17.5. The van der Waals surface area contributed by atoms with Crippen LogP contribution in [0.15, 0.2) is 12.1 Å². The lowest BCUT2D eigenvalue weighted by atomic mass is 9.94. The summed E-state index contributed by atoms with van der Waals surface area (Å²) in [5.41, 5.74) is 1.64. The first-order valence-electron chi connectivity index (χ1n) is 9.98. The maximum absolute atomic E-state index is 12.6. The number of anilines is 1. The van der Waals surface area contributed by atoms with Gasteiger partial charge >= 0.3 is 17.9 Å². The van der Waals surface area contributed by atoms with E-state index < -0.39 is 29.4 Å². The first-order valence-corrected chi connectivity index (χ1v) is 9.98. The van der Waals surface area contributed by atoms with E-state index in [1.807, 2.05) is 32.9 Å². The van der Waals surface area contributed by atoms with Gasteiger partial charge in [0.15, 0.2) is 5.92 Å². The van der Waals surface area contributed by atoms with Crippen molar-refractivity contribution in [3.05, 3.63) is 23.5 Å². The number of carboxylic acids is 1. The second-order valence-electron chi connectivity index (χ2n) is 8.07. The van der Waals surface area contributed by atoms with Crippen LogP contribution in [0.4, 0.5) is 5.69 Å². The van der Waals surface area contributed by atoms with E-state index >= 15 is 0 Å². The van der Waals surface area contributed by atoms with Crippen LogP contribution in [0.3, 0.4) is 0 Å². The van der Waals surface area contributed by atoms with Crippen LogP contribution in [0.5, 0.6) is 0 Å². The summed E-state index contributed by atoms with van der Waals surface area (Å²) in [6, 6.07) is 3.73. The number of aryl methyl sites for hydroxylation is 1. The predicted molar refractivity (Wildman–Crippen MR) is 107 cm³/mol. The molecule has 8 heteroatoms. The molecule has 0 aromatic carbocycles. The highest BCUT2D eigenvalue weighted by atomic mass is 16.6. The number of ether oxygens (including phenoxy) is 2. The number of carboxylic acid groups (broad SMARTS) is 1. The Morgan fingerprint density at radius 3 is 2.66 bits per heavy atom. The van der Waals surface area contributed by atoms with Crippen molar-refractivity contribution in [1.29, 1.82) is 0 Å². The molecular weight excluding hydrogens is 376 g/mol. The zero-order valence-electron chi connectivity index (χ0n) is 17.5. The maximum atomic E-state index is 12.6. The van der Waals surface area contributed by atoms with Crippen molar-refractivity contribution in [2.45, 2.75) is 64.9 Å². The summed E-state index contributed by atoms with van der Waals surface area (Å²) in [7, 11) is 0. The number of hydrogen-bond acceptors (Lipinski definition) is 7. The molecule has 0 saturated heterocycles. The number of rotatable bonds is 8. The van der Waals surface area contributed by atoms with Gasteiger partial charge in [-0.05, 0) is 65.5 Å². The molecule has 0 amide bonds. The summed E-state index contributed by atoms with van der Waals surface area (Å²) >= 11 is 0. The number of carbonyl (C=O) groups is 3. The number of pyridine rings is 1. The van der Waals surface area contributed by atoms with E-state index in [0.29, 0.717) is 31.5 Å². The van der Waals surface area contributed by atoms with Crippen molar-refractivity contribution in [1.82, 2.24) is 4.98 Å². The zero-order chi connectivity index (χ0) is 21.6. The highest BCUT2D eigenvalue weighted by molar-refractivity contribution is 5.93. The van der Waals surface area contributed by atoms with Gasteiger partial charge < -0.3 is 19.9 Å². The highest BCUT2D eigenvalue weighted by Gasteiger charge is 2.32. The van der Waals surface area contributed by atoms with Crippen molar-refractivity contribution in [2.24, 2.45) is 5.92 Å². The fourth-order valence-electron chi connectivity index (χ4n) is 3.23. The van der Waals surface area contributed by atoms with E-state index in [0.717, 1.165) is 11.4 Å². The Morgan fingerprint density at radius 2 is 2.03 bits per heavy atom. The summed E-state index contributed by atoms with van der Waals surface area (Å²) < 4.78 is 10.4. The van der Waals surface area contributed by atoms with Crippen LogP contribution >= 0.6 is 0 Å². The molecule has 2 heterocycles. The number of nitrogens with zero attached hydrogens (tertiary/aromatic N) is 1. The molecule has 1 aliphatic rings. The number of nitrogens with one attached hydrogen (secondary N) is 1. The number of aliphatic carboxylic acids is 1. The summed E-state index contributed by atoms with van der Waals surface area (Å²) in [6.45, 7) is 7.95. The third kappa shape index (κ3) is 6.44. The standard InChI is InChI=1S/C21H30N2O6/c1-5-28-19(26)15(18(24)25)8-6-7-13-9-10-16-17(23-13)14(11-12-22-16)20(27)29-21(2,3)4/h9-10,14-15,22H,5-8,11-12H2,1-4H3,(H,24,25). The Morgan fingerprint density at radius 1 is 1.31 bits per heavy atom. The van der Waals surface area contributed by atoms with Crippen molar-refractivity contribution < 1.29 is 29.0 Å². The van der Waals surface area contributed by atoms with Crippen LogP contribution in [0.2, 0.25) is 0 Å². The van der Waals surface area contributed by atoms with E-state index in [1.165, 1.54) is 0 Å². The van der Waals surface area contributed by atoms with Gasteiger partial charge in [-0.2, -0.15) is 0 Å². The van der Waals surface area contributed by atoms with E-state index in [4.69, 9.17) is 9.47 Å². The van der Waals surface area contributed by atoms with Crippen molar-refractivity contribution >= 4 is 23.6 Å². The van der Waals surface area contributed by atoms with Gasteiger partial charge in [0.2, 0.25) is 0 Å². The molecule has 1 aromatic heterocycles. The molecule has 29 heavy (non-hydrogen) atoms. The van der Waals surface area contributed by atoms with E-state index in [9.17, 15) is 19.5 Å². The summed E-state index contributed by atoms with van der Waals surface area (Å²) in [5, 5.41) is 12.5. The molecule has 1 aromatic rings. The minimum Gasteiger partial charge on any atom is -0.481 e. The average molecular weight is 406 g/mol. The minimum absolute atomic E-state index is 0.147. The molecule has 2 unspecified atom stereocenters. The quantitative estimate of drug-likeness (QED) is 0.500. The Bertz CT molecular complexity index is 756. The fourth-order valence-corrected chi connectivity index (χ4v) is 3.23. The number of hydrogen-bond donors (Lipinski definition) is 2. The number of fused-ring (bicyclic) bond motifs is 1. The number of aromatic nitrogens is 1. The first-order chi connectivity index (χ1) is 13.6. The largest absolute Gasteiger partial charge is 0.481 e. The van der Waals surface area contributed by atoms with Crippen molar-refractivity contribution in [2.75, 3.05) is 18.5 Å². The fraction of sp³-hybridized carbons (Fsp3) is 0.619. The van der Waals surface area contributed by atoms with Crippen LogP contribution in [0, 0.1) is 5.92 Å². The van der Waals surface area contributed by atoms with E-state index in [2.05, 4.69) is 10.3 Å². The Kier molecular flexibility index (Phi) is 7.59. The molecule has 0 bridgehead atoms. The first kappa shape index (κ1) is 22.6.